The number of ether oxygens (including phenoxy) is 1. The standard InChI is InChI=1S/C25H20ClN5O3/c1-15-10-12-17(13-11-15)34-24-23-29-30(14-22(32)27-19-8-5-6-18(26)16(19)2)25(33)31(23)21-9-4-3-7-20(21)28-24/h3-13H,14H2,1-2H3,(H,27,32). The largest absolute Gasteiger partial charge is 0.436 e. The minimum atomic E-state index is -0.472. The predicted molar refractivity (Wildman–Crippen MR) is 131 cm³/mol. The van der Waals surface area contributed by atoms with E-state index >= 15 is 0 Å². The predicted octanol–water partition coefficient (Wildman–Crippen LogP) is 4.75. The molecule has 0 atom stereocenters. The van der Waals surface area contributed by atoms with Crippen molar-refractivity contribution in [3.8, 4) is 11.6 Å². The minimum Gasteiger partial charge on any atom is -0.436 e. The summed E-state index contributed by atoms with van der Waals surface area (Å²) in [4.78, 5) is 30.6. The number of anilines is 1. The number of carbonyl (C=O) groups is 1. The molecule has 0 radical (unpaired) electrons. The summed E-state index contributed by atoms with van der Waals surface area (Å²) in [6, 6.07) is 19.9. The molecule has 34 heavy (non-hydrogen) atoms. The van der Waals surface area contributed by atoms with Crippen LogP contribution in [0, 0.1) is 13.8 Å². The fraction of sp³-hybridized carbons (Fsp3) is 0.120. The van der Waals surface area contributed by atoms with Crippen molar-refractivity contribution < 1.29 is 9.53 Å². The highest BCUT2D eigenvalue weighted by molar-refractivity contribution is 6.31. The molecular weight excluding hydrogens is 454 g/mol. The van der Waals surface area contributed by atoms with E-state index in [-0.39, 0.29) is 18.1 Å². The van der Waals surface area contributed by atoms with E-state index in [9.17, 15) is 9.59 Å². The van der Waals surface area contributed by atoms with Gasteiger partial charge in [-0.15, -0.1) is 5.10 Å². The number of hydrogen-bond acceptors (Lipinski definition) is 5. The summed E-state index contributed by atoms with van der Waals surface area (Å²) >= 11 is 6.14. The van der Waals surface area contributed by atoms with Gasteiger partial charge in [0.2, 0.25) is 11.6 Å². The van der Waals surface area contributed by atoms with Crippen LogP contribution < -0.4 is 15.7 Å². The molecule has 0 spiro atoms. The van der Waals surface area contributed by atoms with Gasteiger partial charge in [0.15, 0.2) is 0 Å². The van der Waals surface area contributed by atoms with Gasteiger partial charge in [-0.2, -0.15) is 0 Å². The normalized spacial score (nSPS) is 11.1. The summed E-state index contributed by atoms with van der Waals surface area (Å²) in [6.07, 6.45) is 0. The molecule has 0 unspecified atom stereocenters. The monoisotopic (exact) mass is 473 g/mol. The van der Waals surface area contributed by atoms with E-state index in [1.807, 2.05) is 50.2 Å². The topological polar surface area (TPSA) is 90.5 Å². The number of amides is 1. The van der Waals surface area contributed by atoms with Gasteiger partial charge in [-0.1, -0.05) is 47.5 Å². The van der Waals surface area contributed by atoms with Crippen LogP contribution in [-0.4, -0.2) is 25.1 Å². The fourth-order valence-corrected chi connectivity index (χ4v) is 3.80. The lowest BCUT2D eigenvalue weighted by Crippen LogP contribution is -2.28. The van der Waals surface area contributed by atoms with Crippen molar-refractivity contribution in [1.82, 2.24) is 19.2 Å². The molecule has 5 rings (SSSR count). The number of rotatable bonds is 5. The first kappa shape index (κ1) is 21.7. The summed E-state index contributed by atoms with van der Waals surface area (Å²) in [5.41, 5.74) is 3.28. The van der Waals surface area contributed by atoms with Crippen LogP contribution in [-0.2, 0) is 11.3 Å². The van der Waals surface area contributed by atoms with E-state index in [4.69, 9.17) is 16.3 Å². The van der Waals surface area contributed by atoms with E-state index in [1.165, 1.54) is 4.40 Å². The van der Waals surface area contributed by atoms with Crippen molar-refractivity contribution in [3.05, 3.63) is 93.4 Å². The number of para-hydroxylation sites is 2. The Hall–Kier alpha value is -4.17. The molecule has 1 N–H and O–H groups in total. The van der Waals surface area contributed by atoms with Crippen molar-refractivity contribution in [2.24, 2.45) is 0 Å². The van der Waals surface area contributed by atoms with Crippen molar-refractivity contribution in [1.29, 1.82) is 0 Å². The first-order valence-electron chi connectivity index (χ1n) is 10.6. The van der Waals surface area contributed by atoms with Crippen LogP contribution in [0.25, 0.3) is 16.7 Å². The second kappa shape index (κ2) is 8.64. The van der Waals surface area contributed by atoms with Crippen molar-refractivity contribution in [3.63, 3.8) is 0 Å². The number of hydrogen-bond donors (Lipinski definition) is 1. The third-order valence-corrected chi connectivity index (χ3v) is 5.86. The smallest absolute Gasteiger partial charge is 0.351 e. The van der Waals surface area contributed by atoms with Gasteiger partial charge in [-0.3, -0.25) is 4.79 Å². The molecule has 2 heterocycles. The maximum Gasteiger partial charge on any atom is 0.351 e. The van der Waals surface area contributed by atoms with Crippen molar-refractivity contribution in [2.45, 2.75) is 20.4 Å². The third-order valence-electron chi connectivity index (χ3n) is 5.45. The molecule has 170 valence electrons. The molecular formula is C25H20ClN5O3. The Morgan fingerprint density at radius 2 is 1.79 bits per heavy atom. The Kier molecular flexibility index (Phi) is 5.51. The Labute approximate surface area is 199 Å². The molecule has 5 aromatic rings. The number of carbonyl (C=O) groups excluding carboxylic acids is 1. The number of aryl methyl sites for hydroxylation is 1. The number of halogens is 1. The number of benzene rings is 3. The van der Waals surface area contributed by atoms with Crippen LogP contribution in [0.15, 0.2) is 71.5 Å². The van der Waals surface area contributed by atoms with Crippen LogP contribution in [0.5, 0.6) is 11.6 Å². The number of aromatic nitrogens is 4. The first-order chi connectivity index (χ1) is 16.4. The van der Waals surface area contributed by atoms with Crippen molar-refractivity contribution >= 4 is 39.9 Å². The Morgan fingerprint density at radius 1 is 1.03 bits per heavy atom. The zero-order valence-corrected chi connectivity index (χ0v) is 19.2. The van der Waals surface area contributed by atoms with E-state index in [0.29, 0.717) is 27.5 Å². The Morgan fingerprint density at radius 3 is 2.59 bits per heavy atom. The van der Waals surface area contributed by atoms with Gasteiger partial charge >= 0.3 is 5.69 Å². The lowest BCUT2D eigenvalue weighted by atomic mass is 10.2. The highest BCUT2D eigenvalue weighted by Crippen LogP contribution is 2.26. The SMILES string of the molecule is Cc1ccc(Oc2nc3ccccc3n3c(=O)n(CC(=O)Nc4cccc(Cl)c4C)nc23)cc1. The van der Waals surface area contributed by atoms with Gasteiger partial charge in [0.1, 0.15) is 12.3 Å². The lowest BCUT2D eigenvalue weighted by Gasteiger charge is -2.09. The zero-order valence-electron chi connectivity index (χ0n) is 18.4. The van der Waals surface area contributed by atoms with Crippen LogP contribution >= 0.6 is 11.6 Å². The minimum absolute atomic E-state index is 0.171. The molecule has 3 aromatic carbocycles. The summed E-state index contributed by atoms with van der Waals surface area (Å²) < 4.78 is 8.50. The number of fused-ring (bicyclic) bond motifs is 3. The first-order valence-corrected chi connectivity index (χ1v) is 11.0. The van der Waals surface area contributed by atoms with E-state index in [2.05, 4.69) is 15.4 Å². The van der Waals surface area contributed by atoms with Crippen molar-refractivity contribution in [2.75, 3.05) is 5.32 Å². The molecule has 0 saturated heterocycles. The molecule has 0 fully saturated rings. The van der Waals surface area contributed by atoms with Gasteiger partial charge in [0.25, 0.3) is 5.88 Å². The van der Waals surface area contributed by atoms with Crippen LogP contribution in [0.4, 0.5) is 5.69 Å². The average molecular weight is 474 g/mol. The number of nitrogens with one attached hydrogen (secondary N) is 1. The van der Waals surface area contributed by atoms with Gasteiger partial charge in [-0.05, 0) is 55.8 Å². The maximum atomic E-state index is 13.3. The molecule has 8 nitrogen and oxygen atoms in total. The lowest BCUT2D eigenvalue weighted by molar-refractivity contribution is -0.117. The number of nitrogens with zero attached hydrogens (tertiary/aromatic N) is 4. The second-order valence-corrected chi connectivity index (χ2v) is 8.29. The van der Waals surface area contributed by atoms with Crippen LogP contribution in [0.1, 0.15) is 11.1 Å². The van der Waals surface area contributed by atoms with Crippen LogP contribution in [0.3, 0.4) is 0 Å². The average Bonchev–Trinajstić information content (AvgIpc) is 3.15. The molecule has 1 amide bonds. The Balaban J connectivity index is 1.56. The fourth-order valence-electron chi connectivity index (χ4n) is 3.63. The summed E-state index contributed by atoms with van der Waals surface area (Å²) in [5.74, 6) is 0.324. The van der Waals surface area contributed by atoms with Gasteiger partial charge in [0, 0.05) is 10.7 Å². The highest BCUT2D eigenvalue weighted by Gasteiger charge is 2.19. The molecule has 0 bridgehead atoms. The second-order valence-electron chi connectivity index (χ2n) is 7.88. The third kappa shape index (κ3) is 3.99. The molecule has 0 aliphatic heterocycles. The van der Waals surface area contributed by atoms with Crippen LogP contribution in [0.2, 0.25) is 5.02 Å². The zero-order chi connectivity index (χ0) is 23.8. The molecule has 0 saturated carbocycles. The summed E-state index contributed by atoms with van der Waals surface area (Å²) in [6.45, 7) is 3.50. The van der Waals surface area contributed by atoms with E-state index in [0.717, 1.165) is 15.8 Å². The van der Waals surface area contributed by atoms with Gasteiger partial charge < -0.3 is 10.1 Å². The highest BCUT2D eigenvalue weighted by atomic mass is 35.5. The van der Waals surface area contributed by atoms with Gasteiger partial charge in [0.05, 0.1) is 11.0 Å². The molecule has 2 aromatic heterocycles. The van der Waals surface area contributed by atoms with E-state index in [1.54, 1.807) is 30.3 Å². The summed E-state index contributed by atoms with van der Waals surface area (Å²) in [5, 5.41) is 7.72. The van der Waals surface area contributed by atoms with Gasteiger partial charge in [-0.25, -0.2) is 18.9 Å². The quantitative estimate of drug-likeness (QED) is 0.398. The molecule has 0 aliphatic carbocycles. The summed E-state index contributed by atoms with van der Waals surface area (Å²) in [7, 11) is 0. The Bertz CT molecular complexity index is 1610. The maximum absolute atomic E-state index is 13.3. The van der Waals surface area contributed by atoms with E-state index < -0.39 is 11.6 Å². The molecule has 0 aliphatic rings. The molecule has 9 heteroatoms.